The second kappa shape index (κ2) is 4.67. The van der Waals surface area contributed by atoms with Gasteiger partial charge in [-0.15, -0.1) is 0 Å². The maximum absolute atomic E-state index is 12.7. The Kier molecular flexibility index (Phi) is 2.99. The van der Waals surface area contributed by atoms with Gasteiger partial charge in [-0.3, -0.25) is 9.78 Å². The lowest BCUT2D eigenvalue weighted by Crippen LogP contribution is -2.35. The van der Waals surface area contributed by atoms with E-state index in [2.05, 4.69) is 11.1 Å². The molecule has 0 N–H and O–H groups in total. The number of carbonyl (C=O) groups excluding carboxylic acids is 1. The molecule has 0 aliphatic carbocycles. The second-order valence-corrected chi connectivity index (χ2v) is 5.12. The fraction of sp³-hybridized carbons (Fsp3) is 0.200. The summed E-state index contributed by atoms with van der Waals surface area (Å²) in [6.07, 6.45) is 3.97. The van der Waals surface area contributed by atoms with Crippen LogP contribution in [0.15, 0.2) is 42.7 Å². The number of fused-ring (bicyclic) bond motifs is 1. The molecule has 0 spiro atoms. The molecule has 0 saturated carbocycles. The number of pyridine rings is 1. The molecule has 0 bridgehead atoms. The summed E-state index contributed by atoms with van der Waals surface area (Å²) in [5, 5.41) is 0.393. The van der Waals surface area contributed by atoms with E-state index in [1.807, 2.05) is 30.0 Å². The van der Waals surface area contributed by atoms with Crippen molar-refractivity contribution in [3.8, 4) is 0 Å². The van der Waals surface area contributed by atoms with Crippen LogP contribution < -0.4 is 4.90 Å². The summed E-state index contributed by atoms with van der Waals surface area (Å²) in [6.45, 7) is 2.05. The van der Waals surface area contributed by atoms with Gasteiger partial charge in [-0.1, -0.05) is 29.8 Å². The lowest BCUT2D eigenvalue weighted by molar-refractivity contribution is 0.0981. The first-order chi connectivity index (χ1) is 9.18. The first kappa shape index (κ1) is 12.2. The number of rotatable bonds is 1. The van der Waals surface area contributed by atoms with Gasteiger partial charge in [-0.25, -0.2) is 0 Å². The Morgan fingerprint density at radius 2 is 2.16 bits per heavy atom. The number of aromatic nitrogens is 1. The molecule has 4 heteroatoms. The Balaban J connectivity index is 2.03. The second-order valence-electron chi connectivity index (χ2n) is 4.71. The lowest BCUT2D eigenvalue weighted by Gasteiger charge is -2.23. The van der Waals surface area contributed by atoms with Gasteiger partial charge >= 0.3 is 0 Å². The van der Waals surface area contributed by atoms with Crippen LogP contribution in [0.3, 0.4) is 0 Å². The molecule has 1 aromatic carbocycles. The Hall–Kier alpha value is -1.87. The van der Waals surface area contributed by atoms with E-state index in [1.165, 1.54) is 11.8 Å². The predicted molar refractivity (Wildman–Crippen MR) is 75.7 cm³/mol. The third-order valence-corrected chi connectivity index (χ3v) is 3.73. The monoisotopic (exact) mass is 272 g/mol. The van der Waals surface area contributed by atoms with Crippen molar-refractivity contribution in [2.24, 2.45) is 0 Å². The van der Waals surface area contributed by atoms with Gasteiger partial charge in [0.05, 0.1) is 10.6 Å². The number of benzene rings is 1. The third-order valence-electron chi connectivity index (χ3n) is 3.43. The van der Waals surface area contributed by atoms with Crippen LogP contribution in [0.5, 0.6) is 0 Å². The summed E-state index contributed by atoms with van der Waals surface area (Å²) in [6, 6.07) is 9.80. The molecule has 3 rings (SSSR count). The maximum atomic E-state index is 12.7. The fourth-order valence-corrected chi connectivity index (χ4v) is 2.75. The number of hydrogen-bond acceptors (Lipinski definition) is 2. The van der Waals surface area contributed by atoms with Gasteiger partial charge in [-0.05, 0) is 31.0 Å². The van der Waals surface area contributed by atoms with Crippen molar-refractivity contribution in [3.05, 3.63) is 58.9 Å². The number of amides is 1. The smallest absolute Gasteiger partial charge is 0.260 e. The number of anilines is 1. The molecule has 1 aromatic heterocycles. The van der Waals surface area contributed by atoms with Crippen LogP contribution in [0.2, 0.25) is 5.02 Å². The van der Waals surface area contributed by atoms with Crippen molar-refractivity contribution in [2.75, 3.05) is 4.90 Å². The number of hydrogen-bond donors (Lipinski definition) is 0. The summed E-state index contributed by atoms with van der Waals surface area (Å²) in [5.41, 5.74) is 2.68. The molecule has 1 atom stereocenters. The van der Waals surface area contributed by atoms with Gasteiger partial charge in [0, 0.05) is 24.1 Å². The number of nitrogens with zero attached hydrogens (tertiary/aromatic N) is 2. The Morgan fingerprint density at radius 1 is 1.37 bits per heavy atom. The third kappa shape index (κ3) is 2.00. The highest BCUT2D eigenvalue weighted by Gasteiger charge is 2.31. The van der Waals surface area contributed by atoms with Gasteiger partial charge in [0.2, 0.25) is 0 Å². The van der Waals surface area contributed by atoms with E-state index in [0.717, 1.165) is 12.1 Å². The van der Waals surface area contributed by atoms with Crippen molar-refractivity contribution in [1.82, 2.24) is 4.98 Å². The molecule has 0 saturated heterocycles. The van der Waals surface area contributed by atoms with Crippen molar-refractivity contribution in [1.29, 1.82) is 0 Å². The maximum Gasteiger partial charge on any atom is 0.260 e. The molecule has 1 unspecified atom stereocenters. The van der Waals surface area contributed by atoms with Crippen LogP contribution in [0.25, 0.3) is 0 Å². The predicted octanol–water partition coefficient (Wildman–Crippen LogP) is 3.33. The van der Waals surface area contributed by atoms with E-state index in [4.69, 9.17) is 11.6 Å². The molecule has 2 aromatic rings. The standard InChI is InChI=1S/C15H13ClN2O/c1-10-8-11-4-2-3-5-14(11)18(10)15(19)12-6-7-17-9-13(12)16/h2-7,9-10H,8H2,1H3. The summed E-state index contributed by atoms with van der Waals surface area (Å²) in [5.74, 6) is -0.0650. The normalized spacial score (nSPS) is 17.4. The van der Waals surface area contributed by atoms with Crippen molar-refractivity contribution in [2.45, 2.75) is 19.4 Å². The molecule has 19 heavy (non-hydrogen) atoms. The minimum Gasteiger partial charge on any atom is -0.305 e. The van der Waals surface area contributed by atoms with Crippen LogP contribution in [0, 0.1) is 0 Å². The summed E-state index contributed by atoms with van der Waals surface area (Å²) in [7, 11) is 0. The minimum absolute atomic E-state index is 0.0650. The fourth-order valence-electron chi connectivity index (χ4n) is 2.55. The summed E-state index contributed by atoms with van der Waals surface area (Å²) in [4.78, 5) is 18.4. The zero-order valence-electron chi connectivity index (χ0n) is 10.5. The van der Waals surface area contributed by atoms with E-state index in [9.17, 15) is 4.79 Å². The SMILES string of the molecule is CC1Cc2ccccc2N1C(=O)c1ccncc1Cl. The number of para-hydroxylation sites is 1. The molecular formula is C15H13ClN2O. The largest absolute Gasteiger partial charge is 0.305 e. The molecular weight excluding hydrogens is 260 g/mol. The Morgan fingerprint density at radius 3 is 2.95 bits per heavy atom. The molecule has 3 nitrogen and oxygen atoms in total. The molecule has 2 heterocycles. The van der Waals surface area contributed by atoms with Crippen LogP contribution in [-0.2, 0) is 6.42 Å². The van der Waals surface area contributed by atoms with Gasteiger partial charge in [0.1, 0.15) is 0 Å². The minimum atomic E-state index is -0.0650. The number of carbonyl (C=O) groups is 1. The van der Waals surface area contributed by atoms with E-state index < -0.39 is 0 Å². The lowest BCUT2D eigenvalue weighted by atomic mass is 10.1. The highest BCUT2D eigenvalue weighted by atomic mass is 35.5. The van der Waals surface area contributed by atoms with Crippen LogP contribution >= 0.6 is 11.6 Å². The van der Waals surface area contributed by atoms with Gasteiger partial charge in [0.15, 0.2) is 0 Å². The van der Waals surface area contributed by atoms with Crippen molar-refractivity contribution < 1.29 is 4.79 Å². The highest BCUT2D eigenvalue weighted by molar-refractivity contribution is 6.34. The molecule has 0 fully saturated rings. The molecule has 0 radical (unpaired) electrons. The molecule has 1 amide bonds. The topological polar surface area (TPSA) is 33.2 Å². The summed E-state index contributed by atoms with van der Waals surface area (Å²) >= 11 is 6.06. The number of halogens is 1. The first-order valence-electron chi connectivity index (χ1n) is 6.19. The van der Waals surface area contributed by atoms with Gasteiger partial charge in [-0.2, -0.15) is 0 Å². The van der Waals surface area contributed by atoms with Crippen LogP contribution in [-0.4, -0.2) is 16.9 Å². The summed E-state index contributed by atoms with van der Waals surface area (Å²) < 4.78 is 0. The van der Waals surface area contributed by atoms with E-state index in [-0.39, 0.29) is 11.9 Å². The zero-order valence-corrected chi connectivity index (χ0v) is 11.3. The quantitative estimate of drug-likeness (QED) is 0.798. The zero-order chi connectivity index (χ0) is 13.4. The van der Waals surface area contributed by atoms with E-state index in [0.29, 0.717) is 10.6 Å². The molecule has 96 valence electrons. The van der Waals surface area contributed by atoms with Crippen LogP contribution in [0.1, 0.15) is 22.8 Å². The molecule has 1 aliphatic rings. The Bertz CT molecular complexity index is 642. The average molecular weight is 273 g/mol. The van der Waals surface area contributed by atoms with Crippen LogP contribution in [0.4, 0.5) is 5.69 Å². The average Bonchev–Trinajstić information content (AvgIpc) is 2.74. The van der Waals surface area contributed by atoms with Crippen molar-refractivity contribution in [3.63, 3.8) is 0 Å². The van der Waals surface area contributed by atoms with Gasteiger partial charge in [0.25, 0.3) is 5.91 Å². The first-order valence-corrected chi connectivity index (χ1v) is 6.57. The molecule has 1 aliphatic heterocycles. The van der Waals surface area contributed by atoms with E-state index in [1.54, 1.807) is 12.3 Å². The highest BCUT2D eigenvalue weighted by Crippen LogP contribution is 2.33. The van der Waals surface area contributed by atoms with E-state index >= 15 is 0 Å². The Labute approximate surface area is 116 Å². The van der Waals surface area contributed by atoms with Gasteiger partial charge < -0.3 is 4.90 Å². The van der Waals surface area contributed by atoms with Crippen molar-refractivity contribution >= 4 is 23.2 Å².